The molecule has 2 heterocycles. The topological polar surface area (TPSA) is 93.1 Å². The van der Waals surface area contributed by atoms with Gasteiger partial charge in [-0.2, -0.15) is 9.97 Å². The summed E-state index contributed by atoms with van der Waals surface area (Å²) in [4.78, 5) is 10.7. The van der Waals surface area contributed by atoms with E-state index in [-0.39, 0.29) is 23.8 Å². The van der Waals surface area contributed by atoms with Crippen LogP contribution in [0.5, 0.6) is 0 Å². The number of nitrogens with one attached hydrogen (secondary N) is 1. The molecule has 0 aliphatic carbocycles. The summed E-state index contributed by atoms with van der Waals surface area (Å²) in [5, 5.41) is 3.25. The normalized spacial score (nSPS) is 15.7. The van der Waals surface area contributed by atoms with Crippen LogP contribution in [-0.2, 0) is 6.42 Å². The van der Waals surface area contributed by atoms with Crippen LogP contribution < -0.4 is 21.7 Å². The van der Waals surface area contributed by atoms with Gasteiger partial charge in [0.15, 0.2) is 0 Å². The molecule has 0 radical (unpaired) electrons. The van der Waals surface area contributed by atoms with Gasteiger partial charge in [0, 0.05) is 24.7 Å². The van der Waals surface area contributed by atoms with Gasteiger partial charge < -0.3 is 21.7 Å². The number of anilines is 3. The number of nitrogens with zero attached hydrogens (tertiary/aromatic N) is 3. The highest BCUT2D eigenvalue weighted by molar-refractivity contribution is 5.85. The summed E-state index contributed by atoms with van der Waals surface area (Å²) in [7, 11) is 1.97. The van der Waals surface area contributed by atoms with E-state index in [2.05, 4.69) is 41.0 Å². The van der Waals surface area contributed by atoms with Crippen molar-refractivity contribution in [2.24, 2.45) is 5.41 Å². The Morgan fingerprint density at radius 1 is 1.25 bits per heavy atom. The SMILES string of the molecule is CNC1CN(c2nc(N)nc(N)c2CC(C)(C)C)C1.Cl. The average molecular weight is 301 g/mol. The molecule has 1 aliphatic heterocycles. The molecule has 1 aromatic heterocycles. The predicted octanol–water partition coefficient (Wildman–Crippen LogP) is 1.06. The highest BCUT2D eigenvalue weighted by Crippen LogP contribution is 2.32. The second-order valence-electron chi connectivity index (χ2n) is 6.40. The Morgan fingerprint density at radius 3 is 2.35 bits per heavy atom. The van der Waals surface area contributed by atoms with Crippen molar-refractivity contribution in [3.63, 3.8) is 0 Å². The maximum atomic E-state index is 6.04. The molecule has 0 aromatic carbocycles. The van der Waals surface area contributed by atoms with Crippen LogP contribution in [0.4, 0.5) is 17.6 Å². The summed E-state index contributed by atoms with van der Waals surface area (Å²) in [6.07, 6.45) is 0.842. The van der Waals surface area contributed by atoms with Crippen LogP contribution in [0.2, 0.25) is 0 Å². The quantitative estimate of drug-likeness (QED) is 0.773. The minimum atomic E-state index is 0. The summed E-state index contributed by atoms with van der Waals surface area (Å²) in [5.74, 6) is 1.65. The van der Waals surface area contributed by atoms with E-state index < -0.39 is 0 Å². The molecule has 5 N–H and O–H groups in total. The number of likely N-dealkylation sites (N-methyl/N-ethyl adjacent to an activating group) is 1. The molecule has 0 bridgehead atoms. The van der Waals surface area contributed by atoms with Crippen LogP contribution in [0.1, 0.15) is 26.3 Å². The fourth-order valence-corrected chi connectivity index (χ4v) is 2.30. The van der Waals surface area contributed by atoms with E-state index in [1.165, 1.54) is 0 Å². The lowest BCUT2D eigenvalue weighted by molar-refractivity contribution is 0.406. The van der Waals surface area contributed by atoms with Crippen molar-refractivity contribution < 1.29 is 0 Å². The van der Waals surface area contributed by atoms with Crippen molar-refractivity contribution in [2.75, 3.05) is 36.5 Å². The molecule has 0 spiro atoms. The first kappa shape index (κ1) is 16.8. The lowest BCUT2D eigenvalue weighted by Crippen LogP contribution is -2.57. The third kappa shape index (κ3) is 3.64. The second kappa shape index (κ2) is 6.01. The van der Waals surface area contributed by atoms with Crippen LogP contribution in [0, 0.1) is 5.41 Å². The Morgan fingerprint density at radius 2 is 1.85 bits per heavy atom. The van der Waals surface area contributed by atoms with Gasteiger partial charge in [0.25, 0.3) is 0 Å². The van der Waals surface area contributed by atoms with Crippen LogP contribution in [-0.4, -0.2) is 36.1 Å². The van der Waals surface area contributed by atoms with Gasteiger partial charge >= 0.3 is 0 Å². The first-order chi connectivity index (χ1) is 8.80. The van der Waals surface area contributed by atoms with E-state index in [0.29, 0.717) is 11.9 Å². The lowest BCUT2D eigenvalue weighted by Gasteiger charge is -2.41. The van der Waals surface area contributed by atoms with Crippen molar-refractivity contribution in [1.82, 2.24) is 15.3 Å². The van der Waals surface area contributed by atoms with Crippen molar-refractivity contribution in [3.8, 4) is 0 Å². The van der Waals surface area contributed by atoms with Crippen molar-refractivity contribution in [1.29, 1.82) is 0 Å². The van der Waals surface area contributed by atoms with Gasteiger partial charge in [-0.05, 0) is 18.9 Å². The number of nitrogen functional groups attached to an aromatic ring is 2. The number of hydrogen-bond acceptors (Lipinski definition) is 6. The Bertz CT molecular complexity index is 465. The highest BCUT2D eigenvalue weighted by atomic mass is 35.5. The Kier molecular flexibility index (Phi) is 5.05. The number of nitrogens with two attached hydrogens (primary N) is 2. The molecular formula is C13H25ClN6. The zero-order chi connectivity index (χ0) is 14.2. The van der Waals surface area contributed by atoms with E-state index in [4.69, 9.17) is 11.5 Å². The van der Waals surface area contributed by atoms with Crippen LogP contribution in [0.25, 0.3) is 0 Å². The maximum Gasteiger partial charge on any atom is 0.223 e. The smallest absolute Gasteiger partial charge is 0.223 e. The van der Waals surface area contributed by atoms with Gasteiger partial charge in [-0.3, -0.25) is 0 Å². The van der Waals surface area contributed by atoms with Crippen molar-refractivity contribution >= 4 is 30.0 Å². The molecule has 20 heavy (non-hydrogen) atoms. The number of halogens is 1. The molecule has 0 unspecified atom stereocenters. The molecule has 1 saturated heterocycles. The first-order valence-corrected chi connectivity index (χ1v) is 6.64. The molecule has 0 saturated carbocycles. The number of hydrogen-bond donors (Lipinski definition) is 3. The lowest BCUT2D eigenvalue weighted by atomic mass is 9.88. The Balaban J connectivity index is 0.00000200. The molecule has 0 amide bonds. The van der Waals surface area contributed by atoms with E-state index in [1.807, 2.05) is 7.05 Å². The summed E-state index contributed by atoms with van der Waals surface area (Å²) in [5.41, 5.74) is 12.9. The van der Waals surface area contributed by atoms with Gasteiger partial charge in [-0.25, -0.2) is 0 Å². The van der Waals surface area contributed by atoms with Gasteiger partial charge in [0.2, 0.25) is 5.95 Å². The van der Waals surface area contributed by atoms with Crippen LogP contribution >= 0.6 is 12.4 Å². The molecule has 2 rings (SSSR count). The van der Waals surface area contributed by atoms with Gasteiger partial charge in [0.1, 0.15) is 11.6 Å². The van der Waals surface area contributed by atoms with E-state index in [1.54, 1.807) is 0 Å². The largest absolute Gasteiger partial charge is 0.383 e. The predicted molar refractivity (Wildman–Crippen MR) is 86.3 cm³/mol. The van der Waals surface area contributed by atoms with E-state index in [9.17, 15) is 0 Å². The first-order valence-electron chi connectivity index (χ1n) is 6.64. The fourth-order valence-electron chi connectivity index (χ4n) is 2.30. The molecule has 6 nitrogen and oxygen atoms in total. The Labute approximate surface area is 126 Å². The standard InChI is InChI=1S/C13H24N6.ClH/c1-13(2,3)5-9-10(14)17-12(15)18-11(9)19-6-8(7-19)16-4;/h8,16H,5-7H2,1-4H3,(H4,14,15,17,18);1H. The molecule has 114 valence electrons. The molecule has 0 atom stereocenters. The van der Waals surface area contributed by atoms with Crippen LogP contribution in [0.3, 0.4) is 0 Å². The maximum absolute atomic E-state index is 6.04. The van der Waals surface area contributed by atoms with E-state index >= 15 is 0 Å². The van der Waals surface area contributed by atoms with Crippen molar-refractivity contribution in [2.45, 2.75) is 33.2 Å². The third-order valence-electron chi connectivity index (χ3n) is 3.33. The van der Waals surface area contributed by atoms with Crippen LogP contribution in [0.15, 0.2) is 0 Å². The van der Waals surface area contributed by atoms with Gasteiger partial charge in [-0.1, -0.05) is 20.8 Å². The number of aromatic nitrogens is 2. The molecule has 1 aliphatic rings. The summed E-state index contributed by atoms with van der Waals surface area (Å²) in [6.45, 7) is 8.41. The summed E-state index contributed by atoms with van der Waals surface area (Å²) < 4.78 is 0. The van der Waals surface area contributed by atoms with Gasteiger partial charge in [0.05, 0.1) is 0 Å². The highest BCUT2D eigenvalue weighted by Gasteiger charge is 2.30. The zero-order valence-corrected chi connectivity index (χ0v) is 13.4. The second-order valence-corrected chi connectivity index (χ2v) is 6.40. The number of rotatable bonds is 3. The van der Waals surface area contributed by atoms with E-state index in [0.717, 1.165) is 30.9 Å². The van der Waals surface area contributed by atoms with Gasteiger partial charge in [-0.15, -0.1) is 12.4 Å². The zero-order valence-electron chi connectivity index (χ0n) is 12.6. The molecular weight excluding hydrogens is 276 g/mol. The molecule has 1 fully saturated rings. The molecule has 1 aromatic rings. The van der Waals surface area contributed by atoms with Crippen molar-refractivity contribution in [3.05, 3.63) is 5.56 Å². The fraction of sp³-hybridized carbons (Fsp3) is 0.692. The third-order valence-corrected chi connectivity index (χ3v) is 3.33. The minimum Gasteiger partial charge on any atom is -0.383 e. The monoisotopic (exact) mass is 300 g/mol. The molecule has 7 heteroatoms. The minimum absolute atomic E-state index is 0. The summed E-state index contributed by atoms with van der Waals surface area (Å²) >= 11 is 0. The average Bonchev–Trinajstić information content (AvgIpc) is 2.20. The summed E-state index contributed by atoms with van der Waals surface area (Å²) in [6, 6.07) is 0.514. The Hall–Kier alpha value is -1.27.